The van der Waals surface area contributed by atoms with Crippen LogP contribution in [-0.4, -0.2) is 11.0 Å². The summed E-state index contributed by atoms with van der Waals surface area (Å²) in [6.45, 7) is 6.85. The van der Waals surface area contributed by atoms with Crippen molar-refractivity contribution in [2.24, 2.45) is 5.92 Å². The van der Waals surface area contributed by atoms with Crippen LogP contribution in [0.25, 0.3) is 0 Å². The van der Waals surface area contributed by atoms with Crippen LogP contribution in [0.5, 0.6) is 0 Å². The summed E-state index contributed by atoms with van der Waals surface area (Å²) in [6, 6.07) is 15.6. The Kier molecular flexibility index (Phi) is 5.94. The highest BCUT2D eigenvalue weighted by molar-refractivity contribution is 5.30. The minimum absolute atomic E-state index is 0.227. The van der Waals surface area contributed by atoms with E-state index in [1.165, 1.54) is 24.0 Å². The third-order valence-electron chi connectivity index (χ3n) is 4.36. The Labute approximate surface area is 128 Å². The number of benzene rings is 1. The molecular weight excluding hydrogens is 256 g/mol. The summed E-state index contributed by atoms with van der Waals surface area (Å²) >= 11 is 0. The van der Waals surface area contributed by atoms with E-state index in [1.807, 2.05) is 12.4 Å². The van der Waals surface area contributed by atoms with Gasteiger partial charge in [-0.25, -0.2) is 0 Å². The van der Waals surface area contributed by atoms with Gasteiger partial charge in [0.2, 0.25) is 0 Å². The van der Waals surface area contributed by atoms with Crippen molar-refractivity contribution in [3.8, 4) is 0 Å². The first-order chi connectivity index (χ1) is 10.3. The number of nitrogens with zero attached hydrogens (tertiary/aromatic N) is 1. The van der Waals surface area contributed by atoms with E-state index in [2.05, 4.69) is 73.5 Å². The first-order valence-corrected chi connectivity index (χ1v) is 7.97. The highest BCUT2D eigenvalue weighted by Gasteiger charge is 2.20. The third-order valence-corrected chi connectivity index (χ3v) is 4.36. The fraction of sp³-hybridized carbons (Fsp3) is 0.421. The molecule has 112 valence electrons. The van der Waals surface area contributed by atoms with Crippen LogP contribution in [0.1, 0.15) is 50.8 Å². The van der Waals surface area contributed by atoms with E-state index < -0.39 is 0 Å². The first-order valence-electron chi connectivity index (χ1n) is 7.97. The van der Waals surface area contributed by atoms with E-state index in [-0.39, 0.29) is 6.04 Å². The van der Waals surface area contributed by atoms with E-state index in [0.717, 1.165) is 0 Å². The zero-order valence-corrected chi connectivity index (χ0v) is 13.3. The summed E-state index contributed by atoms with van der Waals surface area (Å²) in [5.41, 5.74) is 2.58. The number of nitrogens with one attached hydrogen (secondary N) is 1. The fourth-order valence-corrected chi connectivity index (χ4v) is 2.98. The molecule has 21 heavy (non-hydrogen) atoms. The molecule has 0 saturated heterocycles. The molecule has 2 unspecified atom stereocenters. The van der Waals surface area contributed by atoms with Crippen molar-refractivity contribution in [1.29, 1.82) is 0 Å². The molecule has 1 aromatic heterocycles. The topological polar surface area (TPSA) is 24.9 Å². The number of rotatable bonds is 7. The lowest BCUT2D eigenvalue weighted by Crippen LogP contribution is -2.36. The number of hydrogen-bond acceptors (Lipinski definition) is 2. The summed E-state index contributed by atoms with van der Waals surface area (Å²) in [5, 5.41) is 3.82. The van der Waals surface area contributed by atoms with Crippen molar-refractivity contribution in [1.82, 2.24) is 10.3 Å². The van der Waals surface area contributed by atoms with Gasteiger partial charge in [-0.3, -0.25) is 4.98 Å². The average molecular weight is 282 g/mol. The molecule has 0 saturated carbocycles. The molecule has 2 rings (SSSR count). The van der Waals surface area contributed by atoms with E-state index in [1.54, 1.807) is 0 Å². The molecule has 1 heterocycles. The van der Waals surface area contributed by atoms with Crippen molar-refractivity contribution < 1.29 is 0 Å². The SMILES string of the molecule is CCC(CC)C(C)NC(c1ccccc1)c1ccncc1. The molecule has 2 atom stereocenters. The summed E-state index contributed by atoms with van der Waals surface area (Å²) in [4.78, 5) is 4.14. The maximum Gasteiger partial charge on any atom is 0.0579 e. The lowest BCUT2D eigenvalue weighted by molar-refractivity contribution is 0.337. The quantitative estimate of drug-likeness (QED) is 0.803. The lowest BCUT2D eigenvalue weighted by Gasteiger charge is -2.29. The van der Waals surface area contributed by atoms with Crippen LogP contribution in [0.4, 0.5) is 0 Å². The predicted molar refractivity (Wildman–Crippen MR) is 89.2 cm³/mol. The zero-order valence-electron chi connectivity index (χ0n) is 13.3. The molecule has 2 nitrogen and oxygen atoms in total. The van der Waals surface area contributed by atoms with Crippen LogP contribution in [0.3, 0.4) is 0 Å². The van der Waals surface area contributed by atoms with E-state index in [4.69, 9.17) is 0 Å². The highest BCUT2D eigenvalue weighted by Crippen LogP contribution is 2.24. The van der Waals surface area contributed by atoms with E-state index in [9.17, 15) is 0 Å². The molecule has 0 aliphatic carbocycles. The molecule has 0 radical (unpaired) electrons. The van der Waals surface area contributed by atoms with Gasteiger partial charge in [0.05, 0.1) is 6.04 Å². The monoisotopic (exact) mass is 282 g/mol. The Morgan fingerprint density at radius 1 is 0.905 bits per heavy atom. The third kappa shape index (κ3) is 4.15. The average Bonchev–Trinajstić information content (AvgIpc) is 2.55. The van der Waals surface area contributed by atoms with Gasteiger partial charge in [-0.1, -0.05) is 57.0 Å². The van der Waals surface area contributed by atoms with Gasteiger partial charge >= 0.3 is 0 Å². The van der Waals surface area contributed by atoms with Crippen LogP contribution in [0.2, 0.25) is 0 Å². The van der Waals surface area contributed by atoms with Gasteiger partial charge in [0.25, 0.3) is 0 Å². The van der Waals surface area contributed by atoms with Crippen molar-refractivity contribution in [2.75, 3.05) is 0 Å². The van der Waals surface area contributed by atoms with Gasteiger partial charge in [0.1, 0.15) is 0 Å². The minimum Gasteiger partial charge on any atom is -0.303 e. The van der Waals surface area contributed by atoms with Crippen molar-refractivity contribution in [3.05, 3.63) is 66.0 Å². The number of pyridine rings is 1. The number of hydrogen-bond donors (Lipinski definition) is 1. The highest BCUT2D eigenvalue weighted by atomic mass is 15.0. The summed E-state index contributed by atoms with van der Waals surface area (Å²) < 4.78 is 0. The van der Waals surface area contributed by atoms with Gasteiger partial charge in [0, 0.05) is 18.4 Å². The molecule has 2 aromatic rings. The Morgan fingerprint density at radius 2 is 1.48 bits per heavy atom. The van der Waals surface area contributed by atoms with Crippen LogP contribution in [0, 0.1) is 5.92 Å². The summed E-state index contributed by atoms with van der Waals surface area (Å²) in [7, 11) is 0. The standard InChI is InChI=1S/C19H26N2/c1-4-16(5-2)15(3)21-19(17-9-7-6-8-10-17)18-11-13-20-14-12-18/h6-16,19,21H,4-5H2,1-3H3. The van der Waals surface area contributed by atoms with E-state index in [0.29, 0.717) is 12.0 Å². The molecule has 1 aromatic carbocycles. The largest absolute Gasteiger partial charge is 0.303 e. The molecule has 0 aliphatic rings. The molecule has 1 N–H and O–H groups in total. The van der Waals surface area contributed by atoms with Gasteiger partial charge in [-0.2, -0.15) is 0 Å². The first kappa shape index (κ1) is 15.7. The van der Waals surface area contributed by atoms with Crippen molar-refractivity contribution in [3.63, 3.8) is 0 Å². The summed E-state index contributed by atoms with van der Waals surface area (Å²) in [6.07, 6.45) is 6.16. The van der Waals surface area contributed by atoms with Crippen LogP contribution >= 0.6 is 0 Å². The molecule has 0 spiro atoms. The van der Waals surface area contributed by atoms with Gasteiger partial charge in [-0.15, -0.1) is 0 Å². The van der Waals surface area contributed by atoms with Crippen LogP contribution in [0.15, 0.2) is 54.9 Å². The minimum atomic E-state index is 0.227. The second-order valence-electron chi connectivity index (χ2n) is 5.66. The van der Waals surface area contributed by atoms with E-state index >= 15 is 0 Å². The molecule has 0 aliphatic heterocycles. The van der Waals surface area contributed by atoms with Gasteiger partial charge in [0.15, 0.2) is 0 Å². The van der Waals surface area contributed by atoms with Gasteiger partial charge in [-0.05, 0) is 36.1 Å². The lowest BCUT2D eigenvalue weighted by atomic mass is 9.92. The Balaban J connectivity index is 2.25. The van der Waals surface area contributed by atoms with Crippen LogP contribution in [-0.2, 0) is 0 Å². The Hall–Kier alpha value is -1.67. The molecular formula is C19H26N2. The smallest absolute Gasteiger partial charge is 0.0579 e. The molecule has 2 heteroatoms. The molecule has 0 amide bonds. The second kappa shape index (κ2) is 7.94. The normalized spacial score (nSPS) is 14.1. The van der Waals surface area contributed by atoms with Crippen molar-refractivity contribution in [2.45, 2.75) is 45.7 Å². The molecule has 0 bridgehead atoms. The fourth-order valence-electron chi connectivity index (χ4n) is 2.98. The second-order valence-corrected chi connectivity index (χ2v) is 5.66. The Bertz CT molecular complexity index is 466. The Morgan fingerprint density at radius 3 is 2.05 bits per heavy atom. The number of aromatic nitrogens is 1. The maximum atomic E-state index is 4.14. The van der Waals surface area contributed by atoms with Crippen LogP contribution < -0.4 is 5.32 Å². The molecule has 0 fully saturated rings. The zero-order chi connectivity index (χ0) is 15.1. The van der Waals surface area contributed by atoms with Crippen molar-refractivity contribution >= 4 is 0 Å². The summed E-state index contributed by atoms with van der Waals surface area (Å²) in [5.74, 6) is 0.707. The van der Waals surface area contributed by atoms with Gasteiger partial charge < -0.3 is 5.32 Å². The predicted octanol–water partition coefficient (Wildman–Crippen LogP) is 4.59. The maximum absolute atomic E-state index is 4.14.